The van der Waals surface area contributed by atoms with Crippen molar-refractivity contribution in [1.82, 2.24) is 5.32 Å². The number of hydrogen-bond donors (Lipinski definition) is 1. The number of carbonyl (C=O) groups is 1. The molecule has 2 rings (SSSR count). The van der Waals surface area contributed by atoms with Crippen LogP contribution in [-0.2, 0) is 0 Å². The van der Waals surface area contributed by atoms with Crippen molar-refractivity contribution in [1.29, 1.82) is 0 Å². The number of nitrogens with one attached hydrogen (secondary N) is 1. The largest absolute Gasteiger partial charge is 0.424 e. The minimum atomic E-state index is -0.272. The Balaban J connectivity index is 2.12. The molecule has 0 aliphatic carbocycles. The van der Waals surface area contributed by atoms with Gasteiger partial charge in [-0.3, -0.25) is 4.79 Å². The molecule has 5 heteroatoms. The van der Waals surface area contributed by atoms with E-state index in [9.17, 15) is 4.79 Å². The van der Waals surface area contributed by atoms with Crippen molar-refractivity contribution in [3.05, 3.63) is 47.2 Å². The Morgan fingerprint density at radius 3 is 2.83 bits per heavy atom. The van der Waals surface area contributed by atoms with E-state index in [4.69, 9.17) is 20.8 Å². The zero-order valence-corrected chi connectivity index (χ0v) is 10.5. The van der Waals surface area contributed by atoms with Crippen LogP contribution in [0.1, 0.15) is 17.5 Å². The Morgan fingerprint density at radius 1 is 1.33 bits per heavy atom. The molecule has 0 fully saturated rings. The lowest BCUT2D eigenvalue weighted by molar-refractivity contribution is 0.0923. The smallest absolute Gasteiger partial charge is 0.290 e. The summed E-state index contributed by atoms with van der Waals surface area (Å²) in [5.74, 6) is 0.644. The number of hydrogen-bond acceptors (Lipinski definition) is 3. The Labute approximate surface area is 110 Å². The lowest BCUT2D eigenvalue weighted by Crippen LogP contribution is -2.21. The van der Waals surface area contributed by atoms with Crippen molar-refractivity contribution in [2.75, 3.05) is 6.54 Å². The summed E-state index contributed by atoms with van der Waals surface area (Å²) in [5.41, 5.74) is 0. The molecular weight excluding hydrogens is 254 g/mol. The third-order valence-electron chi connectivity index (χ3n) is 2.19. The number of para-hydroxylation sites is 1. The number of amides is 1. The van der Waals surface area contributed by atoms with E-state index in [2.05, 4.69) is 5.32 Å². The van der Waals surface area contributed by atoms with E-state index in [0.29, 0.717) is 17.3 Å². The quantitative estimate of drug-likeness (QED) is 0.921. The van der Waals surface area contributed by atoms with Crippen molar-refractivity contribution < 1.29 is 13.9 Å². The van der Waals surface area contributed by atoms with Crippen molar-refractivity contribution in [3.63, 3.8) is 0 Å². The lowest BCUT2D eigenvalue weighted by Gasteiger charge is -2.03. The predicted octanol–water partition coefficient (Wildman–Crippen LogP) is 3.48. The van der Waals surface area contributed by atoms with Gasteiger partial charge in [0.1, 0.15) is 5.75 Å². The second-order valence-electron chi connectivity index (χ2n) is 3.51. The molecule has 18 heavy (non-hydrogen) atoms. The Morgan fingerprint density at radius 2 is 2.11 bits per heavy atom. The topological polar surface area (TPSA) is 51.5 Å². The van der Waals surface area contributed by atoms with Gasteiger partial charge in [-0.2, -0.15) is 0 Å². The number of carbonyl (C=O) groups excluding carboxylic acids is 1. The Hall–Kier alpha value is -1.94. The summed E-state index contributed by atoms with van der Waals surface area (Å²) >= 11 is 5.95. The summed E-state index contributed by atoms with van der Waals surface area (Å²) in [6.45, 7) is 2.38. The molecule has 0 unspecified atom stereocenters. The van der Waals surface area contributed by atoms with Crippen LogP contribution in [0.5, 0.6) is 11.7 Å². The van der Waals surface area contributed by atoms with Crippen molar-refractivity contribution in [2.24, 2.45) is 0 Å². The van der Waals surface area contributed by atoms with Crippen LogP contribution in [0.2, 0.25) is 5.02 Å². The van der Waals surface area contributed by atoms with Gasteiger partial charge in [-0.1, -0.05) is 23.7 Å². The first-order valence-corrected chi connectivity index (χ1v) is 5.89. The molecule has 2 aromatic rings. The highest BCUT2D eigenvalue weighted by Gasteiger charge is 2.11. The zero-order valence-electron chi connectivity index (χ0n) is 9.77. The van der Waals surface area contributed by atoms with Crippen LogP contribution < -0.4 is 10.1 Å². The molecule has 0 bridgehead atoms. The number of ether oxygens (including phenoxy) is 1. The van der Waals surface area contributed by atoms with E-state index in [1.807, 2.05) is 6.92 Å². The molecular formula is C13H12ClNO3. The highest BCUT2D eigenvalue weighted by atomic mass is 35.5. The maximum absolute atomic E-state index is 11.5. The fourth-order valence-corrected chi connectivity index (χ4v) is 1.55. The standard InChI is InChI=1S/C13H12ClNO3/c1-2-15-13(16)11-7-8-12(18-11)17-10-6-4-3-5-9(10)14/h3-8H,2H2,1H3,(H,15,16). The van der Waals surface area contributed by atoms with E-state index >= 15 is 0 Å². The fourth-order valence-electron chi connectivity index (χ4n) is 1.38. The van der Waals surface area contributed by atoms with Gasteiger partial charge in [-0.15, -0.1) is 0 Å². The maximum atomic E-state index is 11.5. The zero-order chi connectivity index (χ0) is 13.0. The SMILES string of the molecule is CCNC(=O)c1ccc(Oc2ccccc2Cl)o1. The first kappa shape index (κ1) is 12.5. The number of furan rings is 1. The second kappa shape index (κ2) is 5.60. The highest BCUT2D eigenvalue weighted by Crippen LogP contribution is 2.29. The van der Waals surface area contributed by atoms with Gasteiger partial charge in [0.25, 0.3) is 11.9 Å². The van der Waals surface area contributed by atoms with Gasteiger partial charge in [0.2, 0.25) is 0 Å². The summed E-state index contributed by atoms with van der Waals surface area (Å²) in [6, 6.07) is 10.2. The Bertz CT molecular complexity index is 551. The minimum Gasteiger partial charge on any atom is -0.424 e. The second-order valence-corrected chi connectivity index (χ2v) is 3.92. The Kier molecular flexibility index (Phi) is 3.89. The number of rotatable bonds is 4. The van der Waals surface area contributed by atoms with E-state index in [1.165, 1.54) is 0 Å². The van der Waals surface area contributed by atoms with Crippen LogP contribution in [0.4, 0.5) is 0 Å². The molecule has 0 saturated carbocycles. The molecule has 0 spiro atoms. The van der Waals surface area contributed by atoms with Gasteiger partial charge < -0.3 is 14.5 Å². The minimum absolute atomic E-state index is 0.207. The van der Waals surface area contributed by atoms with Crippen LogP contribution in [-0.4, -0.2) is 12.5 Å². The number of halogens is 1. The van der Waals surface area contributed by atoms with Gasteiger partial charge in [-0.25, -0.2) is 0 Å². The molecule has 0 aliphatic rings. The average molecular weight is 266 g/mol. The summed E-state index contributed by atoms with van der Waals surface area (Å²) < 4.78 is 10.7. The summed E-state index contributed by atoms with van der Waals surface area (Å²) in [6.07, 6.45) is 0. The predicted molar refractivity (Wildman–Crippen MR) is 68.2 cm³/mol. The third-order valence-corrected chi connectivity index (χ3v) is 2.50. The van der Waals surface area contributed by atoms with Crippen molar-refractivity contribution in [2.45, 2.75) is 6.92 Å². The normalized spacial score (nSPS) is 10.1. The first-order valence-electron chi connectivity index (χ1n) is 5.51. The van der Waals surface area contributed by atoms with Crippen LogP contribution in [0, 0.1) is 0 Å². The van der Waals surface area contributed by atoms with Gasteiger partial charge in [0, 0.05) is 12.6 Å². The van der Waals surface area contributed by atoms with Gasteiger partial charge in [-0.05, 0) is 25.1 Å². The van der Waals surface area contributed by atoms with E-state index in [0.717, 1.165) is 0 Å². The monoisotopic (exact) mass is 265 g/mol. The average Bonchev–Trinajstić information content (AvgIpc) is 2.81. The molecule has 1 aromatic carbocycles. The molecule has 1 amide bonds. The highest BCUT2D eigenvalue weighted by molar-refractivity contribution is 6.32. The fraction of sp³-hybridized carbons (Fsp3) is 0.154. The third kappa shape index (κ3) is 2.84. The van der Waals surface area contributed by atoms with Crippen LogP contribution in [0.3, 0.4) is 0 Å². The molecule has 1 heterocycles. The summed E-state index contributed by atoms with van der Waals surface area (Å²) in [5, 5.41) is 3.12. The van der Waals surface area contributed by atoms with Crippen molar-refractivity contribution >= 4 is 17.5 Å². The summed E-state index contributed by atoms with van der Waals surface area (Å²) in [7, 11) is 0. The van der Waals surface area contributed by atoms with Crippen molar-refractivity contribution in [3.8, 4) is 11.7 Å². The molecule has 0 atom stereocenters. The molecule has 1 N–H and O–H groups in total. The first-order chi connectivity index (χ1) is 8.70. The molecule has 4 nitrogen and oxygen atoms in total. The van der Waals surface area contributed by atoms with Crippen LogP contribution in [0.25, 0.3) is 0 Å². The molecule has 0 saturated heterocycles. The van der Waals surface area contributed by atoms with Gasteiger partial charge in [0.15, 0.2) is 5.76 Å². The maximum Gasteiger partial charge on any atom is 0.290 e. The van der Waals surface area contributed by atoms with Crippen LogP contribution in [0.15, 0.2) is 40.8 Å². The van der Waals surface area contributed by atoms with Gasteiger partial charge >= 0.3 is 0 Å². The van der Waals surface area contributed by atoms with E-state index < -0.39 is 0 Å². The molecule has 94 valence electrons. The summed E-state index contributed by atoms with van der Waals surface area (Å²) in [4.78, 5) is 11.5. The van der Waals surface area contributed by atoms with E-state index in [-0.39, 0.29) is 17.6 Å². The van der Waals surface area contributed by atoms with Crippen LogP contribution >= 0.6 is 11.6 Å². The molecule has 0 aliphatic heterocycles. The van der Waals surface area contributed by atoms with Gasteiger partial charge in [0.05, 0.1) is 5.02 Å². The molecule has 1 aromatic heterocycles. The molecule has 0 radical (unpaired) electrons. The lowest BCUT2D eigenvalue weighted by atomic mass is 10.3. The van der Waals surface area contributed by atoms with E-state index in [1.54, 1.807) is 36.4 Å². The number of benzene rings is 1.